The average molecular weight is 563 g/mol. The molecule has 3 aromatic rings. The SMILES string of the molecule is N[C@H](CC(=O)N1CCC(O)(Cn2cnc3c(C4CCCC(C5CCCC5)C4)scc3c2=O)CC1)c1ccccc1. The second kappa shape index (κ2) is 11.7. The lowest BCUT2D eigenvalue weighted by Crippen LogP contribution is -2.50. The van der Waals surface area contributed by atoms with Crippen molar-refractivity contribution in [1.82, 2.24) is 14.5 Å². The molecule has 3 fully saturated rings. The zero-order valence-corrected chi connectivity index (χ0v) is 24.2. The number of amides is 1. The molecule has 0 spiro atoms. The third-order valence-corrected chi connectivity index (χ3v) is 11.0. The fourth-order valence-electron chi connectivity index (χ4n) is 7.49. The summed E-state index contributed by atoms with van der Waals surface area (Å²) in [6.45, 7) is 1.10. The molecule has 2 aliphatic carbocycles. The highest BCUT2D eigenvalue weighted by Crippen LogP contribution is 2.46. The Labute approximate surface area is 240 Å². The predicted octanol–water partition coefficient (Wildman–Crippen LogP) is 5.37. The molecular weight excluding hydrogens is 520 g/mol. The monoisotopic (exact) mass is 562 g/mol. The van der Waals surface area contributed by atoms with Crippen molar-refractivity contribution in [1.29, 1.82) is 0 Å². The first-order chi connectivity index (χ1) is 19.4. The summed E-state index contributed by atoms with van der Waals surface area (Å²) in [7, 11) is 0. The Morgan fingerprint density at radius 1 is 1.07 bits per heavy atom. The minimum atomic E-state index is -1.05. The summed E-state index contributed by atoms with van der Waals surface area (Å²) in [4.78, 5) is 34.2. The molecule has 3 aliphatic rings. The molecule has 1 aliphatic heterocycles. The first kappa shape index (κ1) is 27.6. The Hall–Kier alpha value is -2.55. The molecule has 3 atom stereocenters. The number of hydrogen-bond donors (Lipinski definition) is 2. The van der Waals surface area contributed by atoms with E-state index >= 15 is 0 Å². The van der Waals surface area contributed by atoms with Crippen molar-refractivity contribution in [2.45, 2.75) is 94.7 Å². The van der Waals surface area contributed by atoms with Gasteiger partial charge in [-0.2, -0.15) is 0 Å². The summed E-state index contributed by atoms with van der Waals surface area (Å²) < 4.78 is 1.57. The van der Waals surface area contributed by atoms with Crippen molar-refractivity contribution >= 4 is 28.1 Å². The topological polar surface area (TPSA) is 101 Å². The number of piperidine rings is 1. The van der Waals surface area contributed by atoms with E-state index in [1.165, 1.54) is 56.2 Å². The average Bonchev–Trinajstić information content (AvgIpc) is 3.67. The third-order valence-electron chi connectivity index (χ3n) is 9.90. The molecule has 7 nitrogen and oxygen atoms in total. The Balaban J connectivity index is 1.09. The van der Waals surface area contributed by atoms with E-state index in [0.29, 0.717) is 37.2 Å². The highest BCUT2D eigenvalue weighted by atomic mass is 32.1. The van der Waals surface area contributed by atoms with Crippen molar-refractivity contribution in [3.63, 3.8) is 0 Å². The standard InChI is InChI=1S/C32H42N4O3S/c33-27(23-9-2-1-3-10-23)18-28(37)35-15-13-32(39,14-16-35)20-36-21-34-29-26(31(36)38)19-40-30(29)25-12-6-11-24(17-25)22-7-4-5-8-22/h1-3,9-10,19,21-22,24-25,27,39H,4-8,11-18,20,33H2/t24?,25?,27-/m1/s1. The Morgan fingerprint density at radius 2 is 1.80 bits per heavy atom. The maximum atomic E-state index is 13.5. The predicted molar refractivity (Wildman–Crippen MR) is 159 cm³/mol. The van der Waals surface area contributed by atoms with Gasteiger partial charge >= 0.3 is 0 Å². The summed E-state index contributed by atoms with van der Waals surface area (Å²) in [5, 5.41) is 14.0. The summed E-state index contributed by atoms with van der Waals surface area (Å²) in [6, 6.07) is 9.32. The minimum Gasteiger partial charge on any atom is -0.388 e. The molecule has 1 aromatic carbocycles. The van der Waals surface area contributed by atoms with Gasteiger partial charge in [0.1, 0.15) is 0 Å². The number of hydrogen-bond acceptors (Lipinski definition) is 6. The van der Waals surface area contributed by atoms with Gasteiger partial charge < -0.3 is 15.7 Å². The van der Waals surface area contributed by atoms with Gasteiger partial charge in [-0.3, -0.25) is 14.2 Å². The van der Waals surface area contributed by atoms with Crippen molar-refractivity contribution in [2.24, 2.45) is 17.6 Å². The molecule has 214 valence electrons. The zero-order chi connectivity index (χ0) is 27.7. The van der Waals surface area contributed by atoms with Crippen molar-refractivity contribution in [2.75, 3.05) is 13.1 Å². The summed E-state index contributed by atoms with van der Waals surface area (Å²) in [5.41, 5.74) is 6.95. The number of aromatic nitrogens is 2. The first-order valence-electron chi connectivity index (χ1n) is 15.2. The maximum absolute atomic E-state index is 13.5. The smallest absolute Gasteiger partial charge is 0.262 e. The molecule has 2 unspecified atom stereocenters. The molecule has 40 heavy (non-hydrogen) atoms. The van der Waals surface area contributed by atoms with Crippen LogP contribution in [-0.4, -0.2) is 44.2 Å². The van der Waals surface area contributed by atoms with Gasteiger partial charge in [0.05, 0.1) is 29.4 Å². The normalized spacial score (nSPS) is 24.4. The van der Waals surface area contributed by atoms with Crippen LogP contribution in [0.15, 0.2) is 46.8 Å². The second-order valence-corrected chi connectivity index (χ2v) is 13.4. The number of fused-ring (bicyclic) bond motifs is 1. The van der Waals surface area contributed by atoms with E-state index in [2.05, 4.69) is 0 Å². The van der Waals surface area contributed by atoms with Gasteiger partial charge in [-0.1, -0.05) is 68.9 Å². The van der Waals surface area contributed by atoms with Gasteiger partial charge in [-0.05, 0) is 49.0 Å². The van der Waals surface area contributed by atoms with Gasteiger partial charge in [0.25, 0.3) is 5.56 Å². The largest absolute Gasteiger partial charge is 0.388 e. The van der Waals surface area contributed by atoms with Gasteiger partial charge in [0, 0.05) is 35.8 Å². The minimum absolute atomic E-state index is 0.00217. The van der Waals surface area contributed by atoms with E-state index in [0.717, 1.165) is 22.9 Å². The highest BCUT2D eigenvalue weighted by molar-refractivity contribution is 7.11. The van der Waals surface area contributed by atoms with E-state index in [9.17, 15) is 14.7 Å². The van der Waals surface area contributed by atoms with E-state index in [4.69, 9.17) is 10.7 Å². The second-order valence-electron chi connectivity index (χ2n) is 12.5. The molecular formula is C32H42N4O3S. The number of nitrogens with zero attached hydrogens (tertiary/aromatic N) is 3. The number of carbonyl (C=O) groups excluding carboxylic acids is 1. The Morgan fingerprint density at radius 3 is 2.55 bits per heavy atom. The molecule has 2 saturated carbocycles. The van der Waals surface area contributed by atoms with Crippen LogP contribution in [-0.2, 0) is 11.3 Å². The molecule has 8 heteroatoms. The van der Waals surface area contributed by atoms with Gasteiger partial charge in [-0.15, -0.1) is 11.3 Å². The van der Waals surface area contributed by atoms with Crippen LogP contribution in [0.4, 0.5) is 0 Å². The lowest BCUT2D eigenvalue weighted by molar-refractivity contribution is -0.136. The van der Waals surface area contributed by atoms with E-state index in [1.54, 1.807) is 27.1 Å². The Kier molecular flexibility index (Phi) is 8.11. The van der Waals surface area contributed by atoms with Crippen molar-refractivity contribution in [3.05, 3.63) is 62.8 Å². The molecule has 1 amide bonds. The number of likely N-dealkylation sites (tertiary alicyclic amines) is 1. The fourth-order valence-corrected chi connectivity index (χ4v) is 8.63. The number of rotatable bonds is 7. The van der Waals surface area contributed by atoms with Gasteiger partial charge in [0.2, 0.25) is 5.91 Å². The van der Waals surface area contributed by atoms with E-state index in [1.807, 2.05) is 35.7 Å². The van der Waals surface area contributed by atoms with Crippen LogP contribution in [0.25, 0.3) is 10.9 Å². The summed E-state index contributed by atoms with van der Waals surface area (Å²) >= 11 is 1.70. The quantitative estimate of drug-likeness (QED) is 0.403. The fraction of sp³-hybridized carbons (Fsp3) is 0.594. The molecule has 3 heterocycles. The Bertz CT molecular complexity index is 1370. The van der Waals surface area contributed by atoms with E-state index in [-0.39, 0.29) is 30.5 Å². The highest BCUT2D eigenvalue weighted by Gasteiger charge is 2.36. The van der Waals surface area contributed by atoms with Crippen molar-refractivity contribution < 1.29 is 9.90 Å². The van der Waals surface area contributed by atoms with Gasteiger partial charge in [0.15, 0.2) is 0 Å². The number of carbonyl (C=O) groups is 1. The molecule has 0 bridgehead atoms. The lowest BCUT2D eigenvalue weighted by atomic mass is 9.74. The van der Waals surface area contributed by atoms with Crippen LogP contribution in [0.5, 0.6) is 0 Å². The zero-order valence-electron chi connectivity index (χ0n) is 23.3. The first-order valence-corrected chi connectivity index (χ1v) is 16.1. The van der Waals surface area contributed by atoms with Crippen LogP contribution in [0, 0.1) is 11.8 Å². The van der Waals surface area contributed by atoms with Crippen LogP contribution < -0.4 is 11.3 Å². The van der Waals surface area contributed by atoms with Gasteiger partial charge in [-0.25, -0.2) is 4.98 Å². The summed E-state index contributed by atoms with van der Waals surface area (Å²) in [6.07, 6.45) is 13.3. The number of benzene rings is 1. The molecule has 2 aromatic heterocycles. The van der Waals surface area contributed by atoms with Crippen LogP contribution in [0.3, 0.4) is 0 Å². The van der Waals surface area contributed by atoms with Crippen LogP contribution in [0.1, 0.15) is 93.0 Å². The molecule has 0 radical (unpaired) electrons. The van der Waals surface area contributed by atoms with Crippen molar-refractivity contribution in [3.8, 4) is 0 Å². The molecule has 1 saturated heterocycles. The lowest BCUT2D eigenvalue weighted by Gasteiger charge is -2.38. The molecule has 6 rings (SSSR count). The third kappa shape index (κ3) is 5.76. The number of thiophene rings is 1. The summed E-state index contributed by atoms with van der Waals surface area (Å²) in [5.74, 6) is 2.22. The van der Waals surface area contributed by atoms with E-state index < -0.39 is 5.60 Å². The number of aliphatic hydroxyl groups is 1. The van der Waals surface area contributed by atoms with Crippen LogP contribution in [0.2, 0.25) is 0 Å². The maximum Gasteiger partial charge on any atom is 0.262 e. The number of nitrogens with two attached hydrogens (primary N) is 1. The molecule has 3 N–H and O–H groups in total. The van der Waals surface area contributed by atoms with Crippen LogP contribution >= 0.6 is 11.3 Å².